The van der Waals surface area contributed by atoms with Gasteiger partial charge in [0.2, 0.25) is 0 Å². The number of fused-ring (bicyclic) bond motifs is 1. The SMILES string of the molecule is CCCOC(=O)C(C)Sc1nc(-c2cc3ccccc3oc2=O)cn1-c1ccc(I)cc1. The third-order valence-electron chi connectivity index (χ3n) is 4.76. The van der Waals surface area contributed by atoms with Gasteiger partial charge >= 0.3 is 11.6 Å². The van der Waals surface area contributed by atoms with Crippen LogP contribution in [0.1, 0.15) is 20.3 Å². The molecule has 6 nitrogen and oxygen atoms in total. The quantitative estimate of drug-likeness (QED) is 0.125. The van der Waals surface area contributed by atoms with Crippen LogP contribution in [0.3, 0.4) is 0 Å². The predicted octanol–water partition coefficient (Wildman–Crippen LogP) is 5.68. The smallest absolute Gasteiger partial charge is 0.345 e. The maximum atomic E-state index is 12.7. The molecule has 1 unspecified atom stereocenters. The summed E-state index contributed by atoms with van der Waals surface area (Å²) in [6, 6.07) is 17.1. The highest BCUT2D eigenvalue weighted by atomic mass is 127. The molecule has 4 aromatic rings. The molecule has 164 valence electrons. The topological polar surface area (TPSA) is 74.3 Å². The highest BCUT2D eigenvalue weighted by Crippen LogP contribution is 2.30. The third kappa shape index (κ3) is 4.91. The van der Waals surface area contributed by atoms with Crippen LogP contribution >= 0.6 is 34.4 Å². The number of carbonyl (C=O) groups excluding carboxylic acids is 1. The van der Waals surface area contributed by atoms with E-state index in [4.69, 9.17) is 14.1 Å². The van der Waals surface area contributed by atoms with Gasteiger partial charge in [0.15, 0.2) is 5.16 Å². The van der Waals surface area contributed by atoms with Crippen LogP contribution in [0.5, 0.6) is 0 Å². The fraction of sp³-hybridized carbons (Fsp3) is 0.208. The number of hydrogen-bond acceptors (Lipinski definition) is 6. The first-order valence-electron chi connectivity index (χ1n) is 10.2. The molecule has 8 heteroatoms. The predicted molar refractivity (Wildman–Crippen MR) is 134 cm³/mol. The maximum Gasteiger partial charge on any atom is 0.345 e. The van der Waals surface area contributed by atoms with Gasteiger partial charge in [0.25, 0.3) is 0 Å². The van der Waals surface area contributed by atoms with Gasteiger partial charge in [-0.25, -0.2) is 9.78 Å². The number of ether oxygens (including phenoxy) is 1. The van der Waals surface area contributed by atoms with E-state index in [2.05, 4.69) is 22.6 Å². The number of rotatable bonds is 7. The van der Waals surface area contributed by atoms with Crippen LogP contribution in [0, 0.1) is 3.57 Å². The van der Waals surface area contributed by atoms with E-state index in [1.54, 1.807) is 25.3 Å². The number of aromatic nitrogens is 2. The first-order valence-corrected chi connectivity index (χ1v) is 12.1. The van der Waals surface area contributed by atoms with Crippen molar-refractivity contribution < 1.29 is 13.9 Å². The van der Waals surface area contributed by atoms with Gasteiger partial charge in [-0.05, 0) is 72.3 Å². The first-order chi connectivity index (χ1) is 15.5. The van der Waals surface area contributed by atoms with Gasteiger partial charge in [-0.15, -0.1) is 0 Å². The normalized spacial score (nSPS) is 12.1. The van der Waals surface area contributed by atoms with E-state index in [0.29, 0.717) is 28.6 Å². The molecule has 0 aliphatic rings. The number of carbonyl (C=O) groups is 1. The summed E-state index contributed by atoms with van der Waals surface area (Å²) in [5.41, 5.74) is 1.81. The Morgan fingerprint density at radius 2 is 1.97 bits per heavy atom. The molecular formula is C24H21IN2O4S. The zero-order chi connectivity index (χ0) is 22.7. The Hall–Kier alpha value is -2.59. The molecule has 2 heterocycles. The second-order valence-corrected chi connectivity index (χ2v) is 9.72. The lowest BCUT2D eigenvalue weighted by Gasteiger charge is -2.12. The number of imidazole rings is 1. The molecule has 0 bridgehead atoms. The van der Waals surface area contributed by atoms with E-state index < -0.39 is 10.9 Å². The molecule has 0 saturated carbocycles. The summed E-state index contributed by atoms with van der Waals surface area (Å²) in [5.74, 6) is -0.291. The summed E-state index contributed by atoms with van der Waals surface area (Å²) >= 11 is 3.54. The molecule has 0 aliphatic carbocycles. The zero-order valence-electron chi connectivity index (χ0n) is 17.6. The van der Waals surface area contributed by atoms with E-state index >= 15 is 0 Å². The average molecular weight is 560 g/mol. The number of nitrogens with zero attached hydrogens (tertiary/aromatic N) is 2. The van der Waals surface area contributed by atoms with Crippen LogP contribution in [0.15, 0.2) is 75.2 Å². The van der Waals surface area contributed by atoms with E-state index in [1.807, 2.05) is 54.0 Å². The maximum absolute atomic E-state index is 12.7. The highest BCUT2D eigenvalue weighted by Gasteiger charge is 2.22. The molecule has 1 atom stereocenters. The van der Waals surface area contributed by atoms with Crippen LogP contribution in [0.4, 0.5) is 0 Å². The molecule has 0 saturated heterocycles. The summed E-state index contributed by atoms with van der Waals surface area (Å²) in [7, 11) is 0. The highest BCUT2D eigenvalue weighted by molar-refractivity contribution is 14.1. The van der Waals surface area contributed by atoms with Crippen molar-refractivity contribution in [2.45, 2.75) is 30.7 Å². The number of thioether (sulfide) groups is 1. The van der Waals surface area contributed by atoms with Crippen LogP contribution < -0.4 is 5.63 Å². The van der Waals surface area contributed by atoms with Crippen molar-refractivity contribution in [3.8, 4) is 16.9 Å². The van der Waals surface area contributed by atoms with E-state index in [0.717, 1.165) is 21.1 Å². The summed E-state index contributed by atoms with van der Waals surface area (Å²) < 4.78 is 13.8. The summed E-state index contributed by atoms with van der Waals surface area (Å²) in [5, 5.41) is 0.957. The summed E-state index contributed by atoms with van der Waals surface area (Å²) in [6.45, 7) is 4.13. The Kier molecular flexibility index (Phi) is 7.00. The minimum Gasteiger partial charge on any atom is -0.465 e. The minimum absolute atomic E-state index is 0.291. The number of para-hydroxylation sites is 1. The van der Waals surface area contributed by atoms with Gasteiger partial charge in [0.05, 0.1) is 17.9 Å². The Morgan fingerprint density at radius 3 is 2.72 bits per heavy atom. The molecule has 4 rings (SSSR count). The molecule has 0 fully saturated rings. The first kappa shape index (κ1) is 22.6. The van der Waals surface area contributed by atoms with Crippen molar-refractivity contribution in [2.24, 2.45) is 0 Å². The lowest BCUT2D eigenvalue weighted by atomic mass is 10.1. The van der Waals surface area contributed by atoms with Gasteiger partial charge in [0.1, 0.15) is 10.8 Å². The molecular weight excluding hydrogens is 539 g/mol. The van der Waals surface area contributed by atoms with Crippen LogP contribution in [-0.2, 0) is 9.53 Å². The Labute approximate surface area is 203 Å². The fourth-order valence-corrected chi connectivity index (χ4v) is 4.39. The number of halogens is 1. The Morgan fingerprint density at radius 1 is 1.22 bits per heavy atom. The molecule has 0 radical (unpaired) electrons. The van der Waals surface area contributed by atoms with Crippen molar-refractivity contribution in [3.05, 3.63) is 74.8 Å². The molecule has 0 N–H and O–H groups in total. The number of esters is 1. The van der Waals surface area contributed by atoms with Crippen molar-refractivity contribution in [1.82, 2.24) is 9.55 Å². The van der Waals surface area contributed by atoms with Gasteiger partial charge in [-0.2, -0.15) is 0 Å². The van der Waals surface area contributed by atoms with Crippen LogP contribution in [0.2, 0.25) is 0 Å². The van der Waals surface area contributed by atoms with Crippen molar-refractivity contribution >= 4 is 51.3 Å². The lowest BCUT2D eigenvalue weighted by molar-refractivity contribution is -0.142. The minimum atomic E-state index is -0.456. The second-order valence-electron chi connectivity index (χ2n) is 7.17. The van der Waals surface area contributed by atoms with E-state index in [1.165, 1.54) is 11.8 Å². The van der Waals surface area contributed by atoms with Gasteiger partial charge in [-0.1, -0.05) is 36.9 Å². The molecule has 0 spiro atoms. The largest absolute Gasteiger partial charge is 0.465 e. The molecule has 0 amide bonds. The number of hydrogen-bond donors (Lipinski definition) is 0. The van der Waals surface area contributed by atoms with Crippen molar-refractivity contribution in [2.75, 3.05) is 6.61 Å². The van der Waals surface area contributed by atoms with E-state index in [-0.39, 0.29) is 5.97 Å². The van der Waals surface area contributed by atoms with Crippen molar-refractivity contribution in [3.63, 3.8) is 0 Å². The lowest BCUT2D eigenvalue weighted by Crippen LogP contribution is -2.18. The zero-order valence-corrected chi connectivity index (χ0v) is 20.6. The van der Waals surface area contributed by atoms with E-state index in [9.17, 15) is 9.59 Å². The Balaban J connectivity index is 1.77. The van der Waals surface area contributed by atoms with Crippen molar-refractivity contribution in [1.29, 1.82) is 0 Å². The third-order valence-corrected chi connectivity index (χ3v) is 6.52. The molecule has 0 aliphatic heterocycles. The molecule has 2 aromatic heterocycles. The van der Waals surface area contributed by atoms with Gasteiger partial charge < -0.3 is 9.15 Å². The average Bonchev–Trinajstić information content (AvgIpc) is 3.20. The van der Waals surface area contributed by atoms with Crippen LogP contribution in [0.25, 0.3) is 27.9 Å². The standard InChI is InChI=1S/C24H21IN2O4S/c1-3-12-30-22(28)15(2)32-24-26-20(14-27(24)18-10-8-17(25)9-11-18)19-13-16-6-4-5-7-21(16)31-23(19)29/h4-11,13-15H,3,12H2,1-2H3. The van der Waals surface area contributed by atoms with Gasteiger partial charge in [0, 0.05) is 20.8 Å². The Bertz CT molecular complexity index is 1310. The molecule has 2 aromatic carbocycles. The monoisotopic (exact) mass is 560 g/mol. The fourth-order valence-electron chi connectivity index (χ4n) is 3.13. The van der Waals surface area contributed by atoms with Gasteiger partial charge in [-0.3, -0.25) is 9.36 Å². The molecule has 32 heavy (non-hydrogen) atoms. The summed E-state index contributed by atoms with van der Waals surface area (Å²) in [4.78, 5) is 29.7. The second kappa shape index (κ2) is 9.91. The number of benzene rings is 2. The van der Waals surface area contributed by atoms with Crippen LogP contribution in [-0.4, -0.2) is 27.4 Å². The summed E-state index contributed by atoms with van der Waals surface area (Å²) in [6.07, 6.45) is 2.57.